The molecule has 3 rings (SSSR count). The number of thioether (sulfide) groups is 1. The van der Waals surface area contributed by atoms with Gasteiger partial charge in [-0.05, 0) is 42.0 Å². The van der Waals surface area contributed by atoms with Crippen LogP contribution >= 0.6 is 23.4 Å². The molecule has 1 unspecified atom stereocenters. The lowest BCUT2D eigenvalue weighted by molar-refractivity contribution is -0.130. The molecule has 0 radical (unpaired) electrons. The monoisotopic (exact) mass is 296 g/mol. The van der Waals surface area contributed by atoms with Crippen LogP contribution in [0, 0.1) is 0 Å². The van der Waals surface area contributed by atoms with Crippen LogP contribution in [0.1, 0.15) is 24.6 Å². The van der Waals surface area contributed by atoms with Crippen molar-refractivity contribution in [3.05, 3.63) is 34.9 Å². The maximum absolute atomic E-state index is 12.2. The van der Waals surface area contributed by atoms with Gasteiger partial charge in [0, 0.05) is 11.1 Å². The van der Waals surface area contributed by atoms with Gasteiger partial charge in [0.15, 0.2) is 0 Å². The minimum Gasteiger partial charge on any atom is -0.319 e. The zero-order valence-corrected chi connectivity index (χ0v) is 12.2. The Morgan fingerprint density at radius 2 is 1.89 bits per heavy atom. The number of amides is 1. The van der Waals surface area contributed by atoms with Crippen LogP contribution in [0.2, 0.25) is 5.02 Å². The lowest BCUT2D eigenvalue weighted by Crippen LogP contribution is -2.41. The van der Waals surface area contributed by atoms with Gasteiger partial charge < -0.3 is 4.90 Å². The largest absolute Gasteiger partial charge is 0.319 e. The van der Waals surface area contributed by atoms with Crippen molar-refractivity contribution in [2.24, 2.45) is 0 Å². The molecule has 0 saturated carbocycles. The van der Waals surface area contributed by atoms with Gasteiger partial charge in [-0.2, -0.15) is 11.8 Å². The summed E-state index contributed by atoms with van der Waals surface area (Å²) < 4.78 is 0. The first-order chi connectivity index (χ1) is 9.25. The van der Waals surface area contributed by atoms with E-state index in [4.69, 9.17) is 11.6 Å². The van der Waals surface area contributed by atoms with Gasteiger partial charge in [-0.15, -0.1) is 0 Å². The fourth-order valence-corrected chi connectivity index (χ4v) is 4.03. The summed E-state index contributed by atoms with van der Waals surface area (Å²) in [6.45, 7) is 0.441. The van der Waals surface area contributed by atoms with Crippen molar-refractivity contribution in [2.45, 2.75) is 25.0 Å². The highest BCUT2D eigenvalue weighted by molar-refractivity contribution is 7.99. The van der Waals surface area contributed by atoms with E-state index < -0.39 is 0 Å². The highest BCUT2D eigenvalue weighted by Crippen LogP contribution is 2.31. The maximum atomic E-state index is 12.2. The van der Waals surface area contributed by atoms with Crippen molar-refractivity contribution in [3.8, 4) is 0 Å². The number of hydrogen-bond donors (Lipinski definition) is 1. The van der Waals surface area contributed by atoms with E-state index in [1.165, 1.54) is 0 Å². The fourth-order valence-electron chi connectivity index (χ4n) is 2.82. The Bertz CT molecular complexity index is 459. The van der Waals surface area contributed by atoms with E-state index in [1.807, 2.05) is 40.9 Å². The molecule has 0 aromatic heterocycles. The molecule has 2 saturated heterocycles. The molecule has 0 spiro atoms. The number of nitrogens with one attached hydrogen (secondary N) is 1. The quantitative estimate of drug-likeness (QED) is 0.911. The molecule has 0 bridgehead atoms. The molecular formula is C14H17ClN2OS. The summed E-state index contributed by atoms with van der Waals surface area (Å²) in [6.07, 6.45) is 2.21. The number of rotatable bonds is 2. The second-order valence-electron chi connectivity index (χ2n) is 4.98. The second kappa shape index (κ2) is 5.73. The summed E-state index contributed by atoms with van der Waals surface area (Å²) in [4.78, 5) is 14.2. The van der Waals surface area contributed by atoms with E-state index in [0.717, 1.165) is 34.9 Å². The Morgan fingerprint density at radius 3 is 2.58 bits per heavy atom. The van der Waals surface area contributed by atoms with Crippen molar-refractivity contribution in [2.75, 3.05) is 18.1 Å². The lowest BCUT2D eigenvalue weighted by atomic mass is 10.1. The standard InChI is InChI=1S/C14H17ClN2OS/c15-11-3-1-10(2-4-11)14-16-9-13(18)17(14)12-5-7-19-8-6-12/h1-4,12,14,16H,5-9H2. The van der Waals surface area contributed by atoms with E-state index in [0.29, 0.717) is 12.6 Å². The molecule has 1 aromatic rings. The molecule has 1 aromatic carbocycles. The molecule has 1 N–H and O–H groups in total. The average Bonchev–Trinajstić information content (AvgIpc) is 2.82. The maximum Gasteiger partial charge on any atom is 0.238 e. The van der Waals surface area contributed by atoms with Crippen LogP contribution in [0.3, 0.4) is 0 Å². The molecule has 19 heavy (non-hydrogen) atoms. The molecule has 1 amide bonds. The van der Waals surface area contributed by atoms with Crippen molar-refractivity contribution in [1.82, 2.24) is 10.2 Å². The van der Waals surface area contributed by atoms with Gasteiger partial charge in [-0.25, -0.2) is 0 Å². The number of carbonyl (C=O) groups excluding carboxylic acids is 1. The summed E-state index contributed by atoms with van der Waals surface area (Å²) in [7, 11) is 0. The fraction of sp³-hybridized carbons (Fsp3) is 0.500. The van der Waals surface area contributed by atoms with Crippen molar-refractivity contribution in [3.63, 3.8) is 0 Å². The molecular weight excluding hydrogens is 280 g/mol. The molecule has 3 nitrogen and oxygen atoms in total. The molecule has 102 valence electrons. The van der Waals surface area contributed by atoms with Gasteiger partial charge in [-0.1, -0.05) is 23.7 Å². The van der Waals surface area contributed by atoms with E-state index >= 15 is 0 Å². The predicted molar refractivity (Wildman–Crippen MR) is 79.4 cm³/mol. The van der Waals surface area contributed by atoms with Crippen LogP contribution in [-0.4, -0.2) is 34.9 Å². The van der Waals surface area contributed by atoms with Gasteiger partial charge in [-0.3, -0.25) is 10.1 Å². The third-order valence-corrected chi connectivity index (χ3v) is 5.08. The highest BCUT2D eigenvalue weighted by atomic mass is 35.5. The van der Waals surface area contributed by atoms with Crippen LogP contribution < -0.4 is 5.32 Å². The smallest absolute Gasteiger partial charge is 0.238 e. The molecule has 2 fully saturated rings. The number of nitrogens with zero attached hydrogens (tertiary/aromatic N) is 1. The van der Waals surface area contributed by atoms with Crippen LogP contribution in [0.4, 0.5) is 0 Å². The lowest BCUT2D eigenvalue weighted by Gasteiger charge is -2.35. The van der Waals surface area contributed by atoms with E-state index in [-0.39, 0.29) is 12.1 Å². The number of benzene rings is 1. The summed E-state index contributed by atoms with van der Waals surface area (Å²) >= 11 is 7.91. The minimum atomic E-state index is 0.0119. The van der Waals surface area contributed by atoms with Crippen LogP contribution in [-0.2, 0) is 4.79 Å². The summed E-state index contributed by atoms with van der Waals surface area (Å²) in [5.74, 6) is 2.53. The third kappa shape index (κ3) is 2.76. The normalized spacial score (nSPS) is 25.0. The molecule has 0 aliphatic carbocycles. The second-order valence-corrected chi connectivity index (χ2v) is 6.64. The molecule has 2 aliphatic rings. The van der Waals surface area contributed by atoms with Crippen LogP contribution in [0.15, 0.2) is 24.3 Å². The minimum absolute atomic E-state index is 0.0119. The van der Waals surface area contributed by atoms with E-state index in [2.05, 4.69) is 5.32 Å². The molecule has 2 heterocycles. The highest BCUT2D eigenvalue weighted by Gasteiger charge is 2.37. The van der Waals surface area contributed by atoms with Gasteiger partial charge in [0.25, 0.3) is 0 Å². The predicted octanol–water partition coefficient (Wildman–Crippen LogP) is 2.67. The number of halogens is 1. The van der Waals surface area contributed by atoms with E-state index in [9.17, 15) is 4.79 Å². The van der Waals surface area contributed by atoms with Gasteiger partial charge in [0.2, 0.25) is 5.91 Å². The third-order valence-electron chi connectivity index (χ3n) is 3.78. The topological polar surface area (TPSA) is 32.3 Å². The number of hydrogen-bond acceptors (Lipinski definition) is 3. The van der Waals surface area contributed by atoms with Crippen molar-refractivity contribution in [1.29, 1.82) is 0 Å². The van der Waals surface area contributed by atoms with Gasteiger partial charge >= 0.3 is 0 Å². The molecule has 2 aliphatic heterocycles. The number of carbonyl (C=O) groups is 1. The van der Waals surface area contributed by atoms with Crippen LogP contribution in [0.5, 0.6) is 0 Å². The first-order valence-corrected chi connectivity index (χ1v) is 8.17. The van der Waals surface area contributed by atoms with Gasteiger partial charge in [0.1, 0.15) is 6.17 Å². The molecule has 5 heteroatoms. The first-order valence-electron chi connectivity index (χ1n) is 6.63. The zero-order valence-electron chi connectivity index (χ0n) is 10.6. The van der Waals surface area contributed by atoms with Crippen molar-refractivity contribution < 1.29 is 4.79 Å². The first kappa shape index (κ1) is 13.3. The SMILES string of the molecule is O=C1CNC(c2ccc(Cl)cc2)N1C1CCSCC1. The molecule has 1 atom stereocenters. The summed E-state index contributed by atoms with van der Waals surface area (Å²) in [5, 5.41) is 4.05. The Labute approximate surface area is 122 Å². The summed E-state index contributed by atoms with van der Waals surface area (Å²) in [5.41, 5.74) is 1.12. The summed E-state index contributed by atoms with van der Waals surface area (Å²) in [6, 6.07) is 8.16. The Kier molecular flexibility index (Phi) is 4.01. The van der Waals surface area contributed by atoms with Crippen molar-refractivity contribution >= 4 is 29.3 Å². The van der Waals surface area contributed by atoms with Gasteiger partial charge in [0.05, 0.1) is 6.54 Å². The zero-order chi connectivity index (χ0) is 13.2. The Morgan fingerprint density at radius 1 is 1.21 bits per heavy atom. The average molecular weight is 297 g/mol. The Hall–Kier alpha value is -0.710. The van der Waals surface area contributed by atoms with Crippen LogP contribution in [0.25, 0.3) is 0 Å². The Balaban J connectivity index is 1.83. The van der Waals surface area contributed by atoms with E-state index in [1.54, 1.807) is 0 Å².